The molecule has 1 nitrogen and oxygen atoms in total. The Bertz CT molecular complexity index is 128. The molecule has 1 saturated carbocycles. The van der Waals surface area contributed by atoms with Gasteiger partial charge in [-0.15, -0.1) is 11.6 Å². The first-order valence-electron chi connectivity index (χ1n) is 6.16. The fraction of sp³-hybridized carbons (Fsp3) is 1.00. The molecule has 0 saturated heterocycles. The van der Waals surface area contributed by atoms with Crippen LogP contribution in [0.25, 0.3) is 0 Å². The molecule has 0 aliphatic heterocycles. The van der Waals surface area contributed by atoms with Gasteiger partial charge in [0.1, 0.15) is 0 Å². The Labute approximate surface area is 93.6 Å². The fourth-order valence-corrected chi connectivity index (χ4v) is 2.57. The topological polar surface area (TPSA) is 12.0 Å². The summed E-state index contributed by atoms with van der Waals surface area (Å²) in [7, 11) is 0. The van der Waals surface area contributed by atoms with Crippen molar-refractivity contribution in [3.63, 3.8) is 0 Å². The van der Waals surface area contributed by atoms with Crippen LogP contribution in [-0.2, 0) is 0 Å². The van der Waals surface area contributed by atoms with Gasteiger partial charge in [0, 0.05) is 11.9 Å². The molecule has 84 valence electrons. The highest BCUT2D eigenvalue weighted by Gasteiger charge is 2.14. The fourth-order valence-electron chi connectivity index (χ4n) is 2.31. The van der Waals surface area contributed by atoms with E-state index in [1.165, 1.54) is 45.1 Å². The molecule has 1 unspecified atom stereocenters. The Morgan fingerprint density at radius 1 is 1.29 bits per heavy atom. The summed E-state index contributed by atoms with van der Waals surface area (Å²) in [5, 5.41) is 3.66. The Morgan fingerprint density at radius 3 is 2.57 bits per heavy atom. The van der Waals surface area contributed by atoms with E-state index in [2.05, 4.69) is 12.2 Å². The largest absolute Gasteiger partial charge is 0.314 e. The van der Waals surface area contributed by atoms with E-state index in [0.29, 0.717) is 6.04 Å². The van der Waals surface area contributed by atoms with Crippen LogP contribution in [0, 0.1) is 5.92 Å². The first-order valence-corrected chi connectivity index (χ1v) is 6.69. The third-order valence-electron chi connectivity index (χ3n) is 3.37. The van der Waals surface area contributed by atoms with E-state index in [4.69, 9.17) is 11.6 Å². The van der Waals surface area contributed by atoms with Gasteiger partial charge in [-0.2, -0.15) is 0 Å². The lowest BCUT2D eigenvalue weighted by Gasteiger charge is -2.24. The molecule has 0 aromatic carbocycles. The number of hydrogen-bond acceptors (Lipinski definition) is 1. The standard InChI is InChI=1S/C12H24ClN/c1-2-12(8-9-13)14-10-11-6-4-3-5-7-11/h11-12,14H,2-10H2,1H3. The van der Waals surface area contributed by atoms with Crippen LogP contribution in [0.1, 0.15) is 51.9 Å². The molecule has 0 radical (unpaired) electrons. The number of rotatable bonds is 6. The SMILES string of the molecule is CCC(CCCl)NCC1CCCCC1. The third kappa shape index (κ3) is 4.65. The van der Waals surface area contributed by atoms with Crippen molar-refractivity contribution in [2.45, 2.75) is 57.9 Å². The molecule has 14 heavy (non-hydrogen) atoms. The summed E-state index contributed by atoms with van der Waals surface area (Å²) < 4.78 is 0. The molecule has 1 N–H and O–H groups in total. The minimum Gasteiger partial charge on any atom is -0.314 e. The summed E-state index contributed by atoms with van der Waals surface area (Å²) in [6.45, 7) is 3.46. The zero-order valence-electron chi connectivity index (χ0n) is 9.40. The number of halogens is 1. The molecule has 1 rings (SSSR count). The van der Waals surface area contributed by atoms with Crippen molar-refractivity contribution in [2.75, 3.05) is 12.4 Å². The molecule has 0 amide bonds. The van der Waals surface area contributed by atoms with Gasteiger partial charge >= 0.3 is 0 Å². The van der Waals surface area contributed by atoms with E-state index in [1.54, 1.807) is 0 Å². The maximum absolute atomic E-state index is 5.76. The van der Waals surface area contributed by atoms with Gasteiger partial charge in [0.25, 0.3) is 0 Å². The maximum Gasteiger partial charge on any atom is 0.0238 e. The first-order chi connectivity index (χ1) is 6.86. The Balaban J connectivity index is 2.10. The average molecular weight is 218 g/mol. The Morgan fingerprint density at radius 2 is 2.00 bits per heavy atom. The predicted octanol–water partition coefficient (Wildman–Crippen LogP) is 3.56. The first kappa shape index (κ1) is 12.3. The van der Waals surface area contributed by atoms with Crippen molar-refractivity contribution in [1.29, 1.82) is 0 Å². The Hall–Kier alpha value is 0.250. The quantitative estimate of drug-likeness (QED) is 0.671. The van der Waals surface area contributed by atoms with Gasteiger partial charge in [-0.05, 0) is 38.1 Å². The summed E-state index contributed by atoms with van der Waals surface area (Å²) >= 11 is 5.76. The minimum atomic E-state index is 0.648. The van der Waals surface area contributed by atoms with E-state index in [-0.39, 0.29) is 0 Å². The molecule has 1 aliphatic rings. The van der Waals surface area contributed by atoms with Crippen LogP contribution in [0.5, 0.6) is 0 Å². The highest BCUT2D eigenvalue weighted by atomic mass is 35.5. The predicted molar refractivity (Wildman–Crippen MR) is 64.0 cm³/mol. The monoisotopic (exact) mass is 217 g/mol. The van der Waals surface area contributed by atoms with Crippen molar-refractivity contribution in [2.24, 2.45) is 5.92 Å². The average Bonchev–Trinajstić information content (AvgIpc) is 2.25. The minimum absolute atomic E-state index is 0.648. The van der Waals surface area contributed by atoms with Crippen molar-refractivity contribution < 1.29 is 0 Å². The van der Waals surface area contributed by atoms with Crippen LogP contribution < -0.4 is 5.32 Å². The summed E-state index contributed by atoms with van der Waals surface area (Å²) in [6.07, 6.45) is 9.53. The summed E-state index contributed by atoms with van der Waals surface area (Å²) in [4.78, 5) is 0. The molecule has 1 aliphatic carbocycles. The lowest BCUT2D eigenvalue weighted by atomic mass is 9.89. The van der Waals surface area contributed by atoms with Crippen molar-refractivity contribution in [3.8, 4) is 0 Å². The highest BCUT2D eigenvalue weighted by Crippen LogP contribution is 2.23. The van der Waals surface area contributed by atoms with E-state index in [0.717, 1.165) is 18.2 Å². The molecular formula is C12H24ClN. The summed E-state index contributed by atoms with van der Waals surface area (Å²) in [5.74, 6) is 1.73. The van der Waals surface area contributed by atoms with E-state index >= 15 is 0 Å². The number of hydrogen-bond donors (Lipinski definition) is 1. The van der Waals surface area contributed by atoms with E-state index in [9.17, 15) is 0 Å². The molecule has 1 atom stereocenters. The number of alkyl halides is 1. The summed E-state index contributed by atoms with van der Waals surface area (Å²) in [6, 6.07) is 0.648. The number of nitrogens with one attached hydrogen (secondary N) is 1. The van der Waals surface area contributed by atoms with Crippen LogP contribution in [-0.4, -0.2) is 18.5 Å². The third-order valence-corrected chi connectivity index (χ3v) is 3.59. The zero-order valence-corrected chi connectivity index (χ0v) is 10.2. The molecular weight excluding hydrogens is 194 g/mol. The zero-order chi connectivity index (χ0) is 10.2. The molecule has 0 heterocycles. The van der Waals surface area contributed by atoms with Gasteiger partial charge in [0.2, 0.25) is 0 Å². The molecule has 0 bridgehead atoms. The highest BCUT2D eigenvalue weighted by molar-refractivity contribution is 6.17. The molecule has 2 heteroatoms. The van der Waals surface area contributed by atoms with Gasteiger partial charge in [-0.1, -0.05) is 26.2 Å². The van der Waals surface area contributed by atoms with Crippen molar-refractivity contribution >= 4 is 11.6 Å². The summed E-state index contributed by atoms with van der Waals surface area (Å²) in [5.41, 5.74) is 0. The maximum atomic E-state index is 5.76. The van der Waals surface area contributed by atoms with Crippen molar-refractivity contribution in [1.82, 2.24) is 5.32 Å². The van der Waals surface area contributed by atoms with Crippen LogP contribution in [0.4, 0.5) is 0 Å². The van der Waals surface area contributed by atoms with Gasteiger partial charge in [0.15, 0.2) is 0 Å². The second-order valence-corrected chi connectivity index (χ2v) is 4.87. The molecule has 0 spiro atoms. The molecule has 1 fully saturated rings. The van der Waals surface area contributed by atoms with E-state index < -0.39 is 0 Å². The molecule has 0 aromatic heterocycles. The van der Waals surface area contributed by atoms with Crippen LogP contribution in [0.2, 0.25) is 0 Å². The van der Waals surface area contributed by atoms with Gasteiger partial charge in [-0.3, -0.25) is 0 Å². The second-order valence-electron chi connectivity index (χ2n) is 4.50. The van der Waals surface area contributed by atoms with Crippen LogP contribution in [0.3, 0.4) is 0 Å². The van der Waals surface area contributed by atoms with Crippen LogP contribution in [0.15, 0.2) is 0 Å². The molecule has 0 aromatic rings. The normalized spacial score (nSPS) is 21.0. The van der Waals surface area contributed by atoms with Crippen LogP contribution >= 0.6 is 11.6 Å². The van der Waals surface area contributed by atoms with E-state index in [1.807, 2.05) is 0 Å². The lowest BCUT2D eigenvalue weighted by Crippen LogP contribution is -2.34. The second kappa shape index (κ2) is 7.53. The Kier molecular flexibility index (Phi) is 6.63. The smallest absolute Gasteiger partial charge is 0.0238 e. The van der Waals surface area contributed by atoms with Gasteiger partial charge in [-0.25, -0.2) is 0 Å². The van der Waals surface area contributed by atoms with Gasteiger partial charge in [0.05, 0.1) is 0 Å². The van der Waals surface area contributed by atoms with Crippen molar-refractivity contribution in [3.05, 3.63) is 0 Å². The van der Waals surface area contributed by atoms with Gasteiger partial charge < -0.3 is 5.32 Å². The lowest BCUT2D eigenvalue weighted by molar-refractivity contribution is 0.322.